The number of benzene rings is 1. The highest BCUT2D eigenvalue weighted by Crippen LogP contribution is 2.24. The smallest absolute Gasteiger partial charge is 0.261 e. The summed E-state index contributed by atoms with van der Waals surface area (Å²) in [5.41, 5.74) is 1.64. The van der Waals surface area contributed by atoms with E-state index in [1.54, 1.807) is 10.6 Å². The highest BCUT2D eigenvalue weighted by molar-refractivity contribution is 5.75. The number of carbonyl (C=O) groups is 1. The molecule has 116 valence electrons. The van der Waals surface area contributed by atoms with Gasteiger partial charge >= 0.3 is 0 Å². The quantitative estimate of drug-likeness (QED) is 0.767. The van der Waals surface area contributed by atoms with E-state index in [0.717, 1.165) is 23.4 Å². The number of hydrogen-bond donors (Lipinski definition) is 0. The molecule has 0 bridgehead atoms. The molecule has 0 saturated carbocycles. The molecule has 1 aromatic heterocycles. The Balaban J connectivity index is 2.54. The summed E-state index contributed by atoms with van der Waals surface area (Å²) in [4.78, 5) is 23.3. The molecule has 0 N–H and O–H groups in total. The molecule has 1 heterocycles. The van der Waals surface area contributed by atoms with Crippen molar-refractivity contribution in [2.75, 3.05) is 0 Å². The summed E-state index contributed by atoms with van der Waals surface area (Å²) in [6, 6.07) is 11.0. The third kappa shape index (κ3) is 3.45. The second-order valence-corrected chi connectivity index (χ2v) is 5.44. The molecule has 0 unspecified atom stereocenters. The lowest BCUT2D eigenvalue weighted by atomic mass is 10.1. The standard InChI is InChI=1S/C18H21NO3/c1-4-10-19-17(9-8-15(12-20)18(19)21)14-6-5-7-16(11-14)22-13(2)3/h5-9,11-13H,4,10H2,1-3H3. The van der Waals surface area contributed by atoms with Crippen molar-refractivity contribution in [2.45, 2.75) is 39.8 Å². The van der Waals surface area contributed by atoms with Crippen molar-refractivity contribution in [3.63, 3.8) is 0 Å². The largest absolute Gasteiger partial charge is 0.491 e. The first-order valence-corrected chi connectivity index (χ1v) is 7.53. The number of aldehydes is 1. The van der Waals surface area contributed by atoms with Crippen LogP contribution in [0.15, 0.2) is 41.2 Å². The van der Waals surface area contributed by atoms with Gasteiger partial charge in [-0.2, -0.15) is 0 Å². The summed E-state index contributed by atoms with van der Waals surface area (Å²) in [6.45, 7) is 6.52. The van der Waals surface area contributed by atoms with Crippen LogP contribution in [-0.2, 0) is 6.54 Å². The van der Waals surface area contributed by atoms with Crippen molar-refractivity contribution < 1.29 is 9.53 Å². The maximum atomic E-state index is 12.3. The maximum absolute atomic E-state index is 12.3. The fourth-order valence-corrected chi connectivity index (χ4v) is 2.38. The van der Waals surface area contributed by atoms with Crippen LogP contribution in [0.2, 0.25) is 0 Å². The number of ether oxygens (including phenoxy) is 1. The topological polar surface area (TPSA) is 48.3 Å². The Bertz CT molecular complexity index is 717. The molecule has 0 aliphatic heterocycles. The molecule has 0 aliphatic rings. The van der Waals surface area contributed by atoms with Crippen molar-refractivity contribution in [3.05, 3.63) is 52.3 Å². The lowest BCUT2D eigenvalue weighted by Crippen LogP contribution is -2.24. The summed E-state index contributed by atoms with van der Waals surface area (Å²) in [6.07, 6.45) is 1.51. The first kappa shape index (κ1) is 16.0. The van der Waals surface area contributed by atoms with Gasteiger partial charge in [0.05, 0.1) is 17.4 Å². The SMILES string of the molecule is CCCn1c(-c2cccc(OC(C)C)c2)ccc(C=O)c1=O. The van der Waals surface area contributed by atoms with E-state index in [-0.39, 0.29) is 17.2 Å². The van der Waals surface area contributed by atoms with Crippen LogP contribution in [0, 0.1) is 0 Å². The van der Waals surface area contributed by atoms with Crippen LogP contribution in [0.5, 0.6) is 5.75 Å². The first-order valence-electron chi connectivity index (χ1n) is 7.53. The van der Waals surface area contributed by atoms with Crippen LogP contribution in [0.25, 0.3) is 11.3 Å². The lowest BCUT2D eigenvalue weighted by Gasteiger charge is -2.15. The van der Waals surface area contributed by atoms with E-state index in [9.17, 15) is 9.59 Å². The Morgan fingerprint density at radius 3 is 2.64 bits per heavy atom. The van der Waals surface area contributed by atoms with E-state index in [0.29, 0.717) is 12.8 Å². The van der Waals surface area contributed by atoms with Crippen molar-refractivity contribution in [1.29, 1.82) is 0 Å². The average molecular weight is 299 g/mol. The average Bonchev–Trinajstić information content (AvgIpc) is 2.49. The zero-order chi connectivity index (χ0) is 16.1. The van der Waals surface area contributed by atoms with Crippen LogP contribution >= 0.6 is 0 Å². The van der Waals surface area contributed by atoms with Crippen LogP contribution in [0.3, 0.4) is 0 Å². The number of pyridine rings is 1. The zero-order valence-electron chi connectivity index (χ0n) is 13.2. The number of carbonyl (C=O) groups excluding carboxylic acids is 1. The van der Waals surface area contributed by atoms with Crippen molar-refractivity contribution >= 4 is 6.29 Å². The Kier molecular flexibility index (Phi) is 5.15. The second kappa shape index (κ2) is 7.07. The van der Waals surface area contributed by atoms with E-state index in [2.05, 4.69) is 0 Å². The van der Waals surface area contributed by atoms with Gasteiger partial charge in [0, 0.05) is 12.1 Å². The Hall–Kier alpha value is -2.36. The van der Waals surface area contributed by atoms with Gasteiger partial charge in [-0.25, -0.2) is 0 Å². The van der Waals surface area contributed by atoms with Crippen LogP contribution < -0.4 is 10.3 Å². The molecule has 0 spiro atoms. The monoisotopic (exact) mass is 299 g/mol. The van der Waals surface area contributed by atoms with E-state index in [4.69, 9.17) is 4.74 Å². The minimum absolute atomic E-state index is 0.0884. The van der Waals surface area contributed by atoms with Gasteiger partial charge in [-0.1, -0.05) is 19.1 Å². The zero-order valence-corrected chi connectivity index (χ0v) is 13.2. The van der Waals surface area contributed by atoms with Crippen molar-refractivity contribution in [1.82, 2.24) is 4.57 Å². The summed E-state index contributed by atoms with van der Waals surface area (Å²) in [7, 11) is 0. The molecule has 1 aromatic carbocycles. The van der Waals surface area contributed by atoms with E-state index in [1.807, 2.05) is 51.1 Å². The predicted octanol–water partition coefficient (Wildman–Crippen LogP) is 3.53. The molecule has 2 aromatic rings. The van der Waals surface area contributed by atoms with Gasteiger partial charge in [0.25, 0.3) is 5.56 Å². The van der Waals surface area contributed by atoms with Gasteiger partial charge in [0.2, 0.25) is 0 Å². The predicted molar refractivity (Wildman–Crippen MR) is 87.6 cm³/mol. The van der Waals surface area contributed by atoms with Crippen molar-refractivity contribution in [2.24, 2.45) is 0 Å². The highest BCUT2D eigenvalue weighted by atomic mass is 16.5. The molecule has 4 nitrogen and oxygen atoms in total. The maximum Gasteiger partial charge on any atom is 0.261 e. The van der Waals surface area contributed by atoms with Crippen LogP contribution in [0.4, 0.5) is 0 Å². The third-order valence-corrected chi connectivity index (χ3v) is 3.28. The summed E-state index contributed by atoms with van der Waals surface area (Å²) >= 11 is 0. The summed E-state index contributed by atoms with van der Waals surface area (Å²) < 4.78 is 7.36. The molecule has 2 rings (SSSR count). The van der Waals surface area contributed by atoms with Gasteiger partial charge in [0.1, 0.15) is 5.75 Å². The lowest BCUT2D eigenvalue weighted by molar-refractivity contribution is 0.112. The fraction of sp³-hybridized carbons (Fsp3) is 0.333. The van der Waals surface area contributed by atoms with Gasteiger partial charge in [-0.15, -0.1) is 0 Å². The van der Waals surface area contributed by atoms with Crippen molar-refractivity contribution in [3.8, 4) is 17.0 Å². The molecular formula is C18H21NO3. The minimum atomic E-state index is -0.246. The molecule has 22 heavy (non-hydrogen) atoms. The number of aromatic nitrogens is 1. The molecule has 0 radical (unpaired) electrons. The number of nitrogens with zero attached hydrogens (tertiary/aromatic N) is 1. The highest BCUT2D eigenvalue weighted by Gasteiger charge is 2.10. The molecule has 0 fully saturated rings. The number of rotatable bonds is 6. The molecular weight excluding hydrogens is 278 g/mol. The summed E-state index contributed by atoms with van der Waals surface area (Å²) in [5, 5.41) is 0. The fourth-order valence-electron chi connectivity index (χ4n) is 2.38. The van der Waals surface area contributed by atoms with Crippen LogP contribution in [0.1, 0.15) is 37.6 Å². The molecule has 0 aliphatic carbocycles. The Morgan fingerprint density at radius 2 is 2.00 bits per heavy atom. The van der Waals surface area contributed by atoms with Gasteiger partial charge in [-0.05, 0) is 44.5 Å². The first-order chi connectivity index (χ1) is 10.6. The van der Waals surface area contributed by atoms with E-state index >= 15 is 0 Å². The molecule has 0 saturated heterocycles. The van der Waals surface area contributed by atoms with Gasteiger partial charge in [-0.3, -0.25) is 9.59 Å². The van der Waals surface area contributed by atoms with Crippen LogP contribution in [-0.4, -0.2) is 17.0 Å². The Labute approximate surface area is 130 Å². The molecule has 0 atom stereocenters. The normalized spacial score (nSPS) is 10.7. The van der Waals surface area contributed by atoms with Gasteiger partial charge < -0.3 is 9.30 Å². The van der Waals surface area contributed by atoms with E-state index < -0.39 is 0 Å². The summed E-state index contributed by atoms with van der Waals surface area (Å²) in [5.74, 6) is 0.766. The third-order valence-electron chi connectivity index (χ3n) is 3.28. The second-order valence-electron chi connectivity index (χ2n) is 5.44. The molecule has 4 heteroatoms. The van der Waals surface area contributed by atoms with E-state index in [1.165, 1.54) is 0 Å². The number of hydrogen-bond acceptors (Lipinski definition) is 3. The van der Waals surface area contributed by atoms with Gasteiger partial charge in [0.15, 0.2) is 6.29 Å². The minimum Gasteiger partial charge on any atom is -0.491 e. The Morgan fingerprint density at radius 1 is 1.23 bits per heavy atom. The molecule has 0 amide bonds.